The molecule has 0 bridgehead atoms. The number of thiophene rings is 1. The number of halogens is 1. The van der Waals surface area contributed by atoms with E-state index in [-0.39, 0.29) is 15.5 Å². The lowest BCUT2D eigenvalue weighted by atomic mass is 10.4. The Morgan fingerprint density at radius 2 is 1.85 bits per heavy atom. The van der Waals surface area contributed by atoms with Gasteiger partial charge in [-0.2, -0.15) is 8.42 Å². The van der Waals surface area contributed by atoms with E-state index in [1.807, 2.05) is 0 Å². The molecule has 8 heteroatoms. The molecule has 0 fully saturated rings. The molecule has 0 spiro atoms. The maximum Gasteiger partial charge on any atom is 0.351 e. The molecule has 2 rings (SSSR count). The summed E-state index contributed by atoms with van der Waals surface area (Å²) in [7, 11) is -2.82. The van der Waals surface area contributed by atoms with Gasteiger partial charge in [-0.1, -0.05) is 11.6 Å². The van der Waals surface area contributed by atoms with Crippen LogP contribution in [0.15, 0.2) is 40.6 Å². The molecule has 5 nitrogen and oxygen atoms in total. The second-order valence-electron chi connectivity index (χ2n) is 3.60. The van der Waals surface area contributed by atoms with E-state index in [1.165, 1.54) is 37.4 Å². The fourth-order valence-electron chi connectivity index (χ4n) is 1.37. The van der Waals surface area contributed by atoms with E-state index in [0.29, 0.717) is 5.02 Å². The predicted octanol–water partition coefficient (Wildman–Crippen LogP) is 2.96. The van der Waals surface area contributed by atoms with Crippen molar-refractivity contribution in [2.75, 3.05) is 7.11 Å². The van der Waals surface area contributed by atoms with Crippen molar-refractivity contribution >= 4 is 39.0 Å². The van der Waals surface area contributed by atoms with Crippen LogP contribution in [0.25, 0.3) is 0 Å². The Labute approximate surface area is 124 Å². The van der Waals surface area contributed by atoms with E-state index in [4.69, 9.17) is 15.8 Å². The van der Waals surface area contributed by atoms with Gasteiger partial charge in [-0.25, -0.2) is 4.79 Å². The summed E-state index contributed by atoms with van der Waals surface area (Å²) in [6.45, 7) is 0. The Kier molecular flexibility index (Phi) is 4.32. The third-order valence-electron chi connectivity index (χ3n) is 2.30. The number of methoxy groups -OCH3 is 1. The summed E-state index contributed by atoms with van der Waals surface area (Å²) in [5.41, 5.74) is 0. The first kappa shape index (κ1) is 14.8. The number of esters is 1. The number of rotatable bonds is 4. The molecular weight excluding hydrogens is 324 g/mol. The molecule has 0 radical (unpaired) electrons. The molecule has 0 aliphatic heterocycles. The van der Waals surface area contributed by atoms with Crippen LogP contribution in [0.2, 0.25) is 5.02 Å². The molecule has 0 atom stereocenters. The molecular formula is C12H9ClO5S2. The van der Waals surface area contributed by atoms with Crippen LogP contribution < -0.4 is 4.18 Å². The SMILES string of the molecule is COC(=O)c1sccc1OS(=O)(=O)c1ccc(Cl)cc1. The molecule has 0 saturated carbocycles. The monoisotopic (exact) mass is 332 g/mol. The molecule has 0 aliphatic carbocycles. The van der Waals surface area contributed by atoms with Gasteiger partial charge in [0.15, 0.2) is 10.6 Å². The van der Waals surface area contributed by atoms with Crippen LogP contribution in [0.1, 0.15) is 9.67 Å². The minimum Gasteiger partial charge on any atom is -0.465 e. The number of benzene rings is 1. The third kappa shape index (κ3) is 3.12. The standard InChI is InChI=1S/C12H9ClO5S2/c1-17-12(14)11-10(6-7-19-11)18-20(15,16)9-4-2-8(13)3-5-9/h2-7H,1H3. The Bertz CT molecular complexity index is 719. The van der Waals surface area contributed by atoms with Crippen LogP contribution >= 0.6 is 22.9 Å². The fraction of sp³-hybridized carbons (Fsp3) is 0.0833. The first-order valence-electron chi connectivity index (χ1n) is 5.30. The van der Waals surface area contributed by atoms with Gasteiger partial charge in [0, 0.05) is 5.02 Å². The smallest absolute Gasteiger partial charge is 0.351 e. The zero-order chi connectivity index (χ0) is 14.8. The molecule has 0 amide bonds. The van der Waals surface area contributed by atoms with E-state index >= 15 is 0 Å². The van der Waals surface area contributed by atoms with E-state index < -0.39 is 16.1 Å². The zero-order valence-electron chi connectivity index (χ0n) is 10.2. The molecule has 1 aromatic heterocycles. The van der Waals surface area contributed by atoms with E-state index in [9.17, 15) is 13.2 Å². The number of ether oxygens (including phenoxy) is 1. The highest BCUT2D eigenvalue weighted by atomic mass is 35.5. The Balaban J connectivity index is 2.32. The quantitative estimate of drug-likeness (QED) is 0.636. The summed E-state index contributed by atoms with van der Waals surface area (Å²) in [6.07, 6.45) is 0. The van der Waals surface area contributed by atoms with Gasteiger partial charge in [-0.3, -0.25) is 0 Å². The summed E-state index contributed by atoms with van der Waals surface area (Å²) < 4.78 is 33.6. The van der Waals surface area contributed by atoms with E-state index in [1.54, 1.807) is 5.38 Å². The Hall–Kier alpha value is -1.57. The highest BCUT2D eigenvalue weighted by molar-refractivity contribution is 7.87. The first-order chi connectivity index (χ1) is 9.44. The number of hydrogen-bond acceptors (Lipinski definition) is 6. The van der Waals surface area contributed by atoms with Gasteiger partial charge in [0.1, 0.15) is 4.90 Å². The van der Waals surface area contributed by atoms with Gasteiger partial charge in [-0.15, -0.1) is 11.3 Å². The van der Waals surface area contributed by atoms with Crippen molar-refractivity contribution in [1.29, 1.82) is 0 Å². The lowest BCUT2D eigenvalue weighted by Crippen LogP contribution is -2.11. The number of hydrogen-bond donors (Lipinski definition) is 0. The predicted molar refractivity (Wildman–Crippen MR) is 74.9 cm³/mol. The molecule has 0 N–H and O–H groups in total. The second kappa shape index (κ2) is 5.82. The number of carbonyl (C=O) groups excluding carboxylic acids is 1. The summed E-state index contributed by atoms with van der Waals surface area (Å²) in [4.78, 5) is 11.5. The van der Waals surface area contributed by atoms with Gasteiger partial charge in [-0.05, 0) is 35.7 Å². The van der Waals surface area contributed by atoms with Gasteiger partial charge in [0.2, 0.25) is 0 Å². The van der Waals surface area contributed by atoms with Crippen molar-refractivity contribution in [1.82, 2.24) is 0 Å². The molecule has 2 aromatic rings. The maximum atomic E-state index is 12.1. The summed E-state index contributed by atoms with van der Waals surface area (Å²) in [5, 5.41) is 1.95. The van der Waals surface area contributed by atoms with Gasteiger partial charge in [0.25, 0.3) is 0 Å². The summed E-state index contributed by atoms with van der Waals surface area (Å²) in [6, 6.07) is 6.91. The highest BCUT2D eigenvalue weighted by Crippen LogP contribution is 2.28. The second-order valence-corrected chi connectivity index (χ2v) is 6.50. The van der Waals surface area contributed by atoms with Crippen molar-refractivity contribution in [2.45, 2.75) is 4.90 Å². The molecule has 106 valence electrons. The average molecular weight is 333 g/mol. The van der Waals surface area contributed by atoms with Crippen molar-refractivity contribution in [2.24, 2.45) is 0 Å². The van der Waals surface area contributed by atoms with Gasteiger partial charge < -0.3 is 8.92 Å². The third-order valence-corrected chi connectivity index (χ3v) is 4.68. The van der Waals surface area contributed by atoms with Crippen LogP contribution in [0.4, 0.5) is 0 Å². The largest absolute Gasteiger partial charge is 0.465 e. The highest BCUT2D eigenvalue weighted by Gasteiger charge is 2.22. The molecule has 0 saturated heterocycles. The van der Waals surface area contributed by atoms with Crippen molar-refractivity contribution in [3.05, 3.63) is 45.6 Å². The summed E-state index contributed by atoms with van der Waals surface area (Å²) >= 11 is 6.73. The van der Waals surface area contributed by atoms with E-state index in [0.717, 1.165) is 11.3 Å². The van der Waals surface area contributed by atoms with Gasteiger partial charge >= 0.3 is 16.1 Å². The van der Waals surface area contributed by atoms with Gasteiger partial charge in [0.05, 0.1) is 7.11 Å². The minimum atomic E-state index is -4.02. The molecule has 0 unspecified atom stereocenters. The molecule has 1 heterocycles. The lowest BCUT2D eigenvalue weighted by molar-refractivity contribution is 0.0604. The normalized spacial score (nSPS) is 11.1. The summed E-state index contributed by atoms with van der Waals surface area (Å²) in [5.74, 6) is -0.710. The molecule has 1 aromatic carbocycles. The van der Waals surface area contributed by atoms with Crippen molar-refractivity contribution in [3.63, 3.8) is 0 Å². The Morgan fingerprint density at radius 3 is 2.45 bits per heavy atom. The van der Waals surface area contributed by atoms with Crippen molar-refractivity contribution < 1.29 is 22.1 Å². The van der Waals surface area contributed by atoms with Crippen LogP contribution in [0.5, 0.6) is 5.75 Å². The maximum absolute atomic E-state index is 12.1. The molecule has 20 heavy (non-hydrogen) atoms. The fourth-order valence-corrected chi connectivity index (χ4v) is 3.23. The average Bonchev–Trinajstić information content (AvgIpc) is 2.85. The van der Waals surface area contributed by atoms with Crippen LogP contribution in [0.3, 0.4) is 0 Å². The van der Waals surface area contributed by atoms with Crippen LogP contribution in [-0.4, -0.2) is 21.5 Å². The van der Waals surface area contributed by atoms with E-state index in [2.05, 4.69) is 4.74 Å². The first-order valence-corrected chi connectivity index (χ1v) is 7.96. The van der Waals surface area contributed by atoms with Crippen LogP contribution in [0, 0.1) is 0 Å². The Morgan fingerprint density at radius 1 is 1.20 bits per heavy atom. The van der Waals surface area contributed by atoms with Crippen LogP contribution in [-0.2, 0) is 14.9 Å². The molecule has 0 aliphatic rings. The minimum absolute atomic E-state index is 0.0519. The topological polar surface area (TPSA) is 69.7 Å². The number of carbonyl (C=O) groups is 1. The zero-order valence-corrected chi connectivity index (χ0v) is 12.6. The van der Waals surface area contributed by atoms with Crippen molar-refractivity contribution in [3.8, 4) is 5.75 Å². The lowest BCUT2D eigenvalue weighted by Gasteiger charge is -2.07.